The predicted octanol–water partition coefficient (Wildman–Crippen LogP) is 2.51. The van der Waals surface area contributed by atoms with Crippen molar-refractivity contribution in [2.24, 2.45) is 0 Å². The first-order valence-electron chi connectivity index (χ1n) is 6.11. The van der Waals surface area contributed by atoms with E-state index in [4.69, 9.17) is 14.2 Å². The Morgan fingerprint density at radius 1 is 1.16 bits per heavy atom. The summed E-state index contributed by atoms with van der Waals surface area (Å²) in [4.78, 5) is 10.3. The van der Waals surface area contributed by atoms with E-state index in [1.807, 2.05) is 26.0 Å². The van der Waals surface area contributed by atoms with Crippen LogP contribution in [0, 0.1) is 13.8 Å². The smallest absolute Gasteiger partial charge is 0.189 e. The number of ether oxygens (including phenoxy) is 3. The van der Waals surface area contributed by atoms with Gasteiger partial charge in [-0.2, -0.15) is 0 Å². The molecule has 0 spiro atoms. The van der Waals surface area contributed by atoms with Gasteiger partial charge < -0.3 is 14.2 Å². The van der Waals surface area contributed by atoms with Crippen LogP contribution in [0.5, 0.6) is 5.75 Å². The molecule has 0 saturated heterocycles. The van der Waals surface area contributed by atoms with Crippen molar-refractivity contribution < 1.29 is 19.0 Å². The van der Waals surface area contributed by atoms with Gasteiger partial charge in [-0.1, -0.05) is 6.08 Å². The summed E-state index contributed by atoms with van der Waals surface area (Å²) in [6, 6.07) is 3.94. The van der Waals surface area contributed by atoms with Gasteiger partial charge in [-0.15, -0.1) is 0 Å². The minimum absolute atomic E-state index is 0.203. The summed E-state index contributed by atoms with van der Waals surface area (Å²) < 4.78 is 15.8. The number of carbonyl (C=O) groups is 1. The molecular formula is C15H20O4. The van der Waals surface area contributed by atoms with Gasteiger partial charge in [-0.05, 0) is 48.7 Å². The second-order valence-corrected chi connectivity index (χ2v) is 4.14. The van der Waals surface area contributed by atoms with E-state index >= 15 is 0 Å². The number of aryl methyl sites for hydroxylation is 2. The lowest BCUT2D eigenvalue weighted by atomic mass is 10.1. The molecule has 0 heterocycles. The Labute approximate surface area is 114 Å². The molecule has 0 radical (unpaired) electrons. The third-order valence-electron chi connectivity index (χ3n) is 2.57. The molecule has 0 bridgehead atoms. The maximum Gasteiger partial charge on any atom is 0.189 e. The molecule has 0 amide bonds. The van der Waals surface area contributed by atoms with Crippen LogP contribution in [0.2, 0.25) is 0 Å². The first-order valence-corrected chi connectivity index (χ1v) is 6.11. The second-order valence-electron chi connectivity index (χ2n) is 4.14. The van der Waals surface area contributed by atoms with Crippen LogP contribution in [0.25, 0.3) is 6.08 Å². The monoisotopic (exact) mass is 264 g/mol. The summed E-state index contributed by atoms with van der Waals surface area (Å²) in [7, 11) is 1.63. The topological polar surface area (TPSA) is 44.8 Å². The van der Waals surface area contributed by atoms with E-state index in [0.717, 1.165) is 28.7 Å². The highest BCUT2D eigenvalue weighted by molar-refractivity contribution is 5.74. The molecule has 0 unspecified atom stereocenters. The Hall–Kier alpha value is -1.65. The standard InChI is InChI=1S/C15H20O4/c1-12-9-14(5-4-6-16)10-13(2)15(12)19-11-18-8-7-17-3/h4-6,9-10H,7-8,11H2,1-3H3. The van der Waals surface area contributed by atoms with E-state index in [0.29, 0.717) is 13.2 Å². The zero-order valence-corrected chi connectivity index (χ0v) is 11.6. The minimum atomic E-state index is 0.203. The highest BCUT2D eigenvalue weighted by Crippen LogP contribution is 2.25. The Bertz CT molecular complexity index is 415. The van der Waals surface area contributed by atoms with Gasteiger partial charge in [-0.25, -0.2) is 0 Å². The molecule has 0 fully saturated rings. The van der Waals surface area contributed by atoms with Gasteiger partial charge in [0.1, 0.15) is 12.0 Å². The number of allylic oxidation sites excluding steroid dienone is 1. The van der Waals surface area contributed by atoms with Gasteiger partial charge in [0, 0.05) is 7.11 Å². The number of methoxy groups -OCH3 is 1. The maximum absolute atomic E-state index is 10.3. The quantitative estimate of drug-likeness (QED) is 0.313. The van der Waals surface area contributed by atoms with Crippen molar-refractivity contribution in [3.63, 3.8) is 0 Å². The van der Waals surface area contributed by atoms with Crippen molar-refractivity contribution in [2.75, 3.05) is 27.1 Å². The minimum Gasteiger partial charge on any atom is -0.467 e. The molecule has 1 rings (SSSR count). The number of benzene rings is 1. The van der Waals surface area contributed by atoms with Crippen LogP contribution in [0.15, 0.2) is 18.2 Å². The van der Waals surface area contributed by atoms with Crippen molar-refractivity contribution in [3.8, 4) is 5.75 Å². The van der Waals surface area contributed by atoms with Crippen LogP contribution in [0.1, 0.15) is 16.7 Å². The highest BCUT2D eigenvalue weighted by Gasteiger charge is 2.05. The first-order chi connectivity index (χ1) is 9.19. The van der Waals surface area contributed by atoms with Gasteiger partial charge in [-0.3, -0.25) is 4.79 Å². The van der Waals surface area contributed by atoms with Gasteiger partial charge >= 0.3 is 0 Å². The summed E-state index contributed by atoms with van der Waals surface area (Å²) in [6.45, 7) is 5.20. The lowest BCUT2D eigenvalue weighted by Crippen LogP contribution is -2.09. The molecule has 4 heteroatoms. The third-order valence-corrected chi connectivity index (χ3v) is 2.57. The molecule has 0 aliphatic heterocycles. The van der Waals surface area contributed by atoms with Crippen molar-refractivity contribution in [1.29, 1.82) is 0 Å². The molecular weight excluding hydrogens is 244 g/mol. The zero-order chi connectivity index (χ0) is 14.1. The van der Waals surface area contributed by atoms with Crippen LogP contribution < -0.4 is 4.74 Å². The predicted molar refractivity (Wildman–Crippen MR) is 74.3 cm³/mol. The fourth-order valence-electron chi connectivity index (χ4n) is 1.76. The molecule has 0 aromatic heterocycles. The molecule has 0 saturated carbocycles. The van der Waals surface area contributed by atoms with Crippen molar-refractivity contribution in [1.82, 2.24) is 0 Å². The molecule has 0 aliphatic carbocycles. The van der Waals surface area contributed by atoms with E-state index < -0.39 is 0 Å². The van der Waals surface area contributed by atoms with Crippen LogP contribution >= 0.6 is 0 Å². The van der Waals surface area contributed by atoms with Gasteiger partial charge in [0.05, 0.1) is 13.2 Å². The average molecular weight is 264 g/mol. The van der Waals surface area contributed by atoms with Crippen LogP contribution in [-0.4, -0.2) is 33.4 Å². The average Bonchev–Trinajstić information content (AvgIpc) is 2.38. The normalized spacial score (nSPS) is 10.9. The molecule has 104 valence electrons. The van der Waals surface area contributed by atoms with Crippen molar-refractivity contribution >= 4 is 12.4 Å². The Balaban J connectivity index is 2.63. The molecule has 0 aliphatic rings. The van der Waals surface area contributed by atoms with E-state index in [-0.39, 0.29) is 6.79 Å². The highest BCUT2D eigenvalue weighted by atomic mass is 16.7. The first kappa shape index (κ1) is 15.4. The van der Waals surface area contributed by atoms with Gasteiger partial charge in [0.2, 0.25) is 0 Å². The Morgan fingerprint density at radius 2 is 1.84 bits per heavy atom. The lowest BCUT2D eigenvalue weighted by molar-refractivity contribution is -0.104. The van der Waals surface area contributed by atoms with Gasteiger partial charge in [0.15, 0.2) is 6.79 Å². The Morgan fingerprint density at radius 3 is 2.42 bits per heavy atom. The van der Waals surface area contributed by atoms with E-state index in [1.165, 1.54) is 6.08 Å². The number of hydrogen-bond donors (Lipinski definition) is 0. The van der Waals surface area contributed by atoms with Crippen molar-refractivity contribution in [3.05, 3.63) is 34.9 Å². The maximum atomic E-state index is 10.3. The summed E-state index contributed by atoms with van der Waals surface area (Å²) in [5.41, 5.74) is 3.01. The molecule has 4 nitrogen and oxygen atoms in total. The number of hydrogen-bond acceptors (Lipinski definition) is 4. The molecule has 1 aromatic carbocycles. The summed E-state index contributed by atoms with van der Waals surface area (Å²) in [5.74, 6) is 0.820. The summed E-state index contributed by atoms with van der Waals surface area (Å²) in [6.07, 6.45) is 4.01. The Kier molecular flexibility index (Phi) is 6.85. The van der Waals surface area contributed by atoms with Crippen LogP contribution in [-0.2, 0) is 14.3 Å². The number of rotatable bonds is 8. The van der Waals surface area contributed by atoms with E-state index in [2.05, 4.69) is 0 Å². The zero-order valence-electron chi connectivity index (χ0n) is 11.6. The summed E-state index contributed by atoms with van der Waals surface area (Å²) >= 11 is 0. The van der Waals surface area contributed by atoms with Gasteiger partial charge in [0.25, 0.3) is 0 Å². The largest absolute Gasteiger partial charge is 0.467 e. The van der Waals surface area contributed by atoms with E-state index in [9.17, 15) is 4.79 Å². The summed E-state index contributed by atoms with van der Waals surface area (Å²) in [5, 5.41) is 0. The van der Waals surface area contributed by atoms with E-state index in [1.54, 1.807) is 13.2 Å². The molecule has 19 heavy (non-hydrogen) atoms. The molecule has 0 atom stereocenters. The molecule has 0 N–H and O–H groups in total. The van der Waals surface area contributed by atoms with Crippen LogP contribution in [0.3, 0.4) is 0 Å². The third kappa shape index (κ3) is 5.24. The second kappa shape index (κ2) is 8.45. The van der Waals surface area contributed by atoms with Crippen LogP contribution in [0.4, 0.5) is 0 Å². The molecule has 1 aromatic rings. The van der Waals surface area contributed by atoms with Crippen molar-refractivity contribution in [2.45, 2.75) is 13.8 Å². The lowest BCUT2D eigenvalue weighted by Gasteiger charge is -2.13. The number of carbonyl (C=O) groups excluding carboxylic acids is 1. The fourth-order valence-corrected chi connectivity index (χ4v) is 1.76. The number of aldehydes is 1. The fraction of sp³-hybridized carbons (Fsp3) is 0.400. The SMILES string of the molecule is COCCOCOc1c(C)cc(C=CC=O)cc1C.